The van der Waals surface area contributed by atoms with Crippen LogP contribution in [0.2, 0.25) is 0 Å². The summed E-state index contributed by atoms with van der Waals surface area (Å²) >= 11 is 5.56. The Morgan fingerprint density at radius 2 is 1.29 bits per heavy atom. The lowest BCUT2D eigenvalue weighted by Gasteiger charge is -1.98. The van der Waals surface area contributed by atoms with Crippen molar-refractivity contribution in [1.29, 1.82) is 0 Å². The van der Waals surface area contributed by atoms with Crippen LogP contribution in [0.4, 0.5) is 0 Å². The van der Waals surface area contributed by atoms with Crippen molar-refractivity contribution in [2.24, 2.45) is 0 Å². The summed E-state index contributed by atoms with van der Waals surface area (Å²) in [6.07, 6.45) is 14.4. The van der Waals surface area contributed by atoms with Crippen LogP contribution in [0.3, 0.4) is 0 Å². The Morgan fingerprint density at radius 1 is 0.765 bits per heavy atom. The van der Waals surface area contributed by atoms with E-state index in [-0.39, 0.29) is 0 Å². The van der Waals surface area contributed by atoms with E-state index in [4.69, 9.17) is 11.6 Å². The molecule has 1 nitrogen and oxygen atoms in total. The highest BCUT2D eigenvalue weighted by Gasteiger charge is 1.89. The van der Waals surface area contributed by atoms with Crippen molar-refractivity contribution in [1.82, 2.24) is 4.98 Å². The minimum Gasteiger partial charge on any atom is -0.265 e. The number of nitrogens with zero attached hydrogens (tertiary/aromatic N) is 1. The van der Waals surface area contributed by atoms with Crippen LogP contribution in [0.25, 0.3) is 0 Å². The second-order valence-corrected chi connectivity index (χ2v) is 4.57. The molecule has 0 amide bonds. The molecule has 0 spiro atoms. The molecule has 98 valence electrons. The Bertz CT molecular complexity index is 179. The number of aromatic nitrogens is 1. The summed E-state index contributed by atoms with van der Waals surface area (Å²) < 4.78 is 0. The van der Waals surface area contributed by atoms with Gasteiger partial charge in [-0.05, 0) is 18.6 Å². The molecular formula is C15H26ClN. The van der Waals surface area contributed by atoms with E-state index in [1.54, 1.807) is 12.4 Å². The third-order valence-electron chi connectivity index (χ3n) is 2.55. The van der Waals surface area contributed by atoms with Gasteiger partial charge in [0.25, 0.3) is 0 Å². The van der Waals surface area contributed by atoms with Gasteiger partial charge >= 0.3 is 0 Å². The van der Waals surface area contributed by atoms with E-state index in [2.05, 4.69) is 11.9 Å². The first-order valence-corrected chi connectivity index (χ1v) is 7.36. The van der Waals surface area contributed by atoms with Crippen LogP contribution in [0.1, 0.15) is 58.3 Å². The molecule has 0 atom stereocenters. The van der Waals surface area contributed by atoms with Crippen LogP contribution < -0.4 is 0 Å². The number of halogens is 1. The van der Waals surface area contributed by atoms with Crippen molar-refractivity contribution >= 4 is 11.6 Å². The highest BCUT2D eigenvalue weighted by atomic mass is 35.5. The van der Waals surface area contributed by atoms with Gasteiger partial charge in [0.15, 0.2) is 0 Å². The van der Waals surface area contributed by atoms with Crippen LogP contribution >= 0.6 is 11.6 Å². The number of pyridine rings is 1. The van der Waals surface area contributed by atoms with Crippen LogP contribution in [0.15, 0.2) is 30.6 Å². The molecule has 2 heteroatoms. The van der Waals surface area contributed by atoms with Crippen molar-refractivity contribution in [3.63, 3.8) is 0 Å². The molecule has 0 aliphatic heterocycles. The molecule has 17 heavy (non-hydrogen) atoms. The molecule has 0 saturated heterocycles. The summed E-state index contributed by atoms with van der Waals surface area (Å²) in [5.74, 6) is 0.842. The lowest BCUT2D eigenvalue weighted by molar-refractivity contribution is 0.586. The van der Waals surface area contributed by atoms with Crippen molar-refractivity contribution in [2.45, 2.75) is 58.3 Å². The average molecular weight is 256 g/mol. The van der Waals surface area contributed by atoms with Gasteiger partial charge in [-0.25, -0.2) is 0 Å². The Hall–Kier alpha value is -0.560. The monoisotopic (exact) mass is 255 g/mol. The normalized spacial score (nSPS) is 9.53. The van der Waals surface area contributed by atoms with E-state index < -0.39 is 0 Å². The number of alkyl halides is 1. The zero-order valence-electron chi connectivity index (χ0n) is 11.1. The zero-order chi connectivity index (χ0) is 12.6. The zero-order valence-corrected chi connectivity index (χ0v) is 11.8. The fourth-order valence-electron chi connectivity index (χ4n) is 1.54. The van der Waals surface area contributed by atoms with E-state index in [9.17, 15) is 0 Å². The number of rotatable bonds is 8. The Morgan fingerprint density at radius 3 is 1.65 bits per heavy atom. The van der Waals surface area contributed by atoms with E-state index in [1.165, 1.54) is 51.4 Å². The van der Waals surface area contributed by atoms with Crippen molar-refractivity contribution < 1.29 is 0 Å². The molecule has 0 aliphatic carbocycles. The van der Waals surface area contributed by atoms with E-state index >= 15 is 0 Å². The first-order valence-electron chi connectivity index (χ1n) is 6.82. The smallest absolute Gasteiger partial charge is 0.0267 e. The second kappa shape index (κ2) is 15.4. The molecule has 0 aliphatic rings. The summed E-state index contributed by atoms with van der Waals surface area (Å²) in [5, 5.41) is 0. The third kappa shape index (κ3) is 15.4. The van der Waals surface area contributed by atoms with Gasteiger partial charge in [-0.2, -0.15) is 0 Å². The molecule has 0 unspecified atom stereocenters. The van der Waals surface area contributed by atoms with E-state index in [1.807, 2.05) is 18.2 Å². The second-order valence-electron chi connectivity index (χ2n) is 4.19. The topological polar surface area (TPSA) is 12.9 Å². The minimum absolute atomic E-state index is 0.842. The molecule has 1 aromatic heterocycles. The highest BCUT2D eigenvalue weighted by Crippen LogP contribution is 2.08. The summed E-state index contributed by atoms with van der Waals surface area (Å²) in [7, 11) is 0. The van der Waals surface area contributed by atoms with Gasteiger partial charge in [-0.1, -0.05) is 57.9 Å². The van der Waals surface area contributed by atoms with Crippen LogP contribution in [0.5, 0.6) is 0 Å². The molecule has 1 heterocycles. The van der Waals surface area contributed by atoms with Gasteiger partial charge in [-0.15, -0.1) is 11.6 Å². The number of hydrogen-bond acceptors (Lipinski definition) is 1. The average Bonchev–Trinajstić information content (AvgIpc) is 2.41. The lowest BCUT2D eigenvalue weighted by atomic mass is 10.1. The van der Waals surface area contributed by atoms with Crippen LogP contribution in [0, 0.1) is 0 Å². The summed E-state index contributed by atoms with van der Waals surface area (Å²) in [4.78, 5) is 3.78. The highest BCUT2D eigenvalue weighted by molar-refractivity contribution is 6.17. The molecule has 0 aromatic carbocycles. The molecular weight excluding hydrogens is 230 g/mol. The predicted molar refractivity (Wildman–Crippen MR) is 77.6 cm³/mol. The molecule has 1 aromatic rings. The standard InChI is InChI=1S/C10H21Cl.C5H5N/c1-2-3-4-5-6-7-8-9-10-11;1-2-4-6-5-3-1/h2-10H2,1H3;1-5H. The molecule has 0 fully saturated rings. The SMILES string of the molecule is CCCCCCCCCCCl.c1ccncc1. The molecule has 0 N–H and O–H groups in total. The maximum absolute atomic E-state index is 5.56. The first-order chi connectivity index (χ1) is 8.41. The van der Waals surface area contributed by atoms with E-state index in [0.29, 0.717) is 0 Å². The van der Waals surface area contributed by atoms with Crippen molar-refractivity contribution in [3.05, 3.63) is 30.6 Å². The summed E-state index contributed by atoms with van der Waals surface area (Å²) in [5.41, 5.74) is 0. The van der Waals surface area contributed by atoms with Gasteiger partial charge in [-0.3, -0.25) is 4.98 Å². The summed E-state index contributed by atoms with van der Waals surface area (Å²) in [6, 6.07) is 5.72. The quantitative estimate of drug-likeness (QED) is 0.445. The first kappa shape index (κ1) is 16.4. The minimum atomic E-state index is 0.842. The van der Waals surface area contributed by atoms with Gasteiger partial charge in [0, 0.05) is 18.3 Å². The van der Waals surface area contributed by atoms with Gasteiger partial charge in [0.2, 0.25) is 0 Å². The fourth-order valence-corrected chi connectivity index (χ4v) is 1.73. The maximum atomic E-state index is 5.56. The molecule has 0 bridgehead atoms. The largest absolute Gasteiger partial charge is 0.265 e. The Balaban J connectivity index is 0.000000354. The lowest BCUT2D eigenvalue weighted by Crippen LogP contribution is -1.80. The summed E-state index contributed by atoms with van der Waals surface area (Å²) in [6.45, 7) is 2.26. The number of unbranched alkanes of at least 4 members (excludes halogenated alkanes) is 7. The van der Waals surface area contributed by atoms with Crippen LogP contribution in [-0.2, 0) is 0 Å². The number of hydrogen-bond donors (Lipinski definition) is 0. The Labute approximate surface area is 112 Å². The third-order valence-corrected chi connectivity index (χ3v) is 2.82. The van der Waals surface area contributed by atoms with Gasteiger partial charge < -0.3 is 0 Å². The van der Waals surface area contributed by atoms with Crippen molar-refractivity contribution in [3.8, 4) is 0 Å². The predicted octanol–water partition coefficient (Wildman–Crippen LogP) is 5.45. The van der Waals surface area contributed by atoms with E-state index in [0.717, 1.165) is 5.88 Å². The fraction of sp³-hybridized carbons (Fsp3) is 0.667. The molecule has 1 rings (SSSR count). The van der Waals surface area contributed by atoms with Crippen LogP contribution in [-0.4, -0.2) is 10.9 Å². The molecule has 0 radical (unpaired) electrons. The van der Waals surface area contributed by atoms with Crippen molar-refractivity contribution in [2.75, 3.05) is 5.88 Å². The van der Waals surface area contributed by atoms with Gasteiger partial charge in [0.1, 0.15) is 0 Å². The Kier molecular flexibility index (Phi) is 14.9. The molecule has 0 saturated carbocycles. The maximum Gasteiger partial charge on any atom is 0.0267 e. The van der Waals surface area contributed by atoms with Gasteiger partial charge in [0.05, 0.1) is 0 Å².